The summed E-state index contributed by atoms with van der Waals surface area (Å²) in [4.78, 5) is 25.5. The molecular formula is C15H21ClN2O2. The van der Waals surface area contributed by atoms with Crippen LogP contribution in [0.5, 0.6) is 0 Å². The fourth-order valence-corrected chi connectivity index (χ4v) is 1.94. The van der Waals surface area contributed by atoms with E-state index >= 15 is 0 Å². The normalized spacial score (nSPS) is 10.6. The van der Waals surface area contributed by atoms with Gasteiger partial charge in [-0.2, -0.15) is 0 Å². The van der Waals surface area contributed by atoms with Crippen molar-refractivity contribution in [2.45, 2.75) is 19.3 Å². The third kappa shape index (κ3) is 6.68. The largest absolute Gasteiger partial charge is 0.356 e. The highest BCUT2D eigenvalue weighted by Crippen LogP contribution is 2.12. The number of hydrogen-bond donors (Lipinski definition) is 1. The van der Waals surface area contributed by atoms with Gasteiger partial charge in [0.15, 0.2) is 5.78 Å². The number of Topliss-reactive ketones (excluding diaryl/α,β-unsaturated/α-hetero) is 1. The molecule has 4 nitrogen and oxygen atoms in total. The van der Waals surface area contributed by atoms with Crippen LogP contribution < -0.4 is 5.32 Å². The number of carbonyl (C=O) groups excluding carboxylic acids is 2. The molecule has 0 aromatic heterocycles. The Morgan fingerprint density at radius 2 is 2.00 bits per heavy atom. The monoisotopic (exact) mass is 296 g/mol. The fourth-order valence-electron chi connectivity index (χ4n) is 1.74. The second kappa shape index (κ2) is 8.72. The molecule has 0 heterocycles. The standard InChI is InChI=1S/C15H21ClN2O2/c1-18(2)10-4-9-17-15(20)8-7-14(19)12-5-3-6-13(16)11-12/h3,5-6,11H,4,7-10H2,1-2H3,(H,17,20). The van der Waals surface area contributed by atoms with E-state index in [1.807, 2.05) is 14.1 Å². The van der Waals surface area contributed by atoms with Gasteiger partial charge in [-0.25, -0.2) is 0 Å². The molecule has 1 rings (SSSR count). The van der Waals surface area contributed by atoms with Crippen molar-refractivity contribution >= 4 is 23.3 Å². The Balaban J connectivity index is 2.25. The molecule has 1 N–H and O–H groups in total. The van der Waals surface area contributed by atoms with E-state index in [2.05, 4.69) is 10.2 Å². The number of halogens is 1. The Morgan fingerprint density at radius 1 is 1.25 bits per heavy atom. The number of benzene rings is 1. The third-order valence-electron chi connectivity index (χ3n) is 2.83. The first-order valence-electron chi connectivity index (χ1n) is 6.69. The van der Waals surface area contributed by atoms with Crippen molar-refractivity contribution in [3.8, 4) is 0 Å². The van der Waals surface area contributed by atoms with Gasteiger partial charge in [-0.15, -0.1) is 0 Å². The molecule has 0 aliphatic rings. The van der Waals surface area contributed by atoms with E-state index in [1.54, 1.807) is 24.3 Å². The molecule has 0 aliphatic heterocycles. The zero-order valence-electron chi connectivity index (χ0n) is 12.0. The molecule has 1 amide bonds. The molecular weight excluding hydrogens is 276 g/mol. The molecule has 0 fully saturated rings. The molecule has 1 aromatic carbocycles. The van der Waals surface area contributed by atoms with Gasteiger partial charge >= 0.3 is 0 Å². The van der Waals surface area contributed by atoms with E-state index in [0.29, 0.717) is 17.1 Å². The van der Waals surface area contributed by atoms with Gasteiger partial charge in [-0.1, -0.05) is 23.7 Å². The summed E-state index contributed by atoms with van der Waals surface area (Å²) in [5.74, 6) is -0.143. The first-order chi connectivity index (χ1) is 9.49. The first kappa shape index (κ1) is 16.7. The van der Waals surface area contributed by atoms with Gasteiger partial charge in [-0.3, -0.25) is 9.59 Å². The van der Waals surface area contributed by atoms with Crippen LogP contribution in [0, 0.1) is 0 Å². The lowest BCUT2D eigenvalue weighted by Crippen LogP contribution is -2.27. The zero-order chi connectivity index (χ0) is 15.0. The van der Waals surface area contributed by atoms with Crippen molar-refractivity contribution in [2.24, 2.45) is 0 Å². The Morgan fingerprint density at radius 3 is 2.65 bits per heavy atom. The summed E-state index contributed by atoms with van der Waals surface area (Å²) in [7, 11) is 3.98. The maximum absolute atomic E-state index is 11.9. The van der Waals surface area contributed by atoms with E-state index in [9.17, 15) is 9.59 Å². The predicted octanol–water partition coefficient (Wildman–Crippen LogP) is 2.37. The minimum atomic E-state index is -0.0841. The highest BCUT2D eigenvalue weighted by Gasteiger charge is 2.09. The van der Waals surface area contributed by atoms with Crippen LogP contribution in [0.15, 0.2) is 24.3 Å². The Hall–Kier alpha value is -1.39. The summed E-state index contributed by atoms with van der Waals surface area (Å²) in [5.41, 5.74) is 0.554. The predicted molar refractivity (Wildman–Crippen MR) is 81.2 cm³/mol. The minimum absolute atomic E-state index is 0.0593. The quantitative estimate of drug-likeness (QED) is 0.592. The van der Waals surface area contributed by atoms with Crippen LogP contribution in [0.25, 0.3) is 0 Å². The average Bonchev–Trinajstić information content (AvgIpc) is 2.40. The molecule has 5 heteroatoms. The van der Waals surface area contributed by atoms with Gasteiger partial charge in [-0.05, 0) is 39.2 Å². The summed E-state index contributed by atoms with van der Waals surface area (Å²) < 4.78 is 0. The Bertz CT molecular complexity index is 461. The van der Waals surface area contributed by atoms with Crippen molar-refractivity contribution in [2.75, 3.05) is 27.2 Å². The van der Waals surface area contributed by atoms with E-state index in [0.717, 1.165) is 13.0 Å². The Labute approximate surface area is 125 Å². The van der Waals surface area contributed by atoms with Crippen LogP contribution >= 0.6 is 11.6 Å². The SMILES string of the molecule is CN(C)CCCNC(=O)CCC(=O)c1cccc(Cl)c1. The Kier molecular flexibility index (Phi) is 7.26. The van der Waals surface area contributed by atoms with Crippen LogP contribution in [0.4, 0.5) is 0 Å². The fraction of sp³-hybridized carbons (Fsp3) is 0.467. The molecule has 0 radical (unpaired) electrons. The summed E-state index contributed by atoms with van der Waals surface area (Å²) in [6, 6.07) is 6.79. The molecule has 0 atom stereocenters. The van der Waals surface area contributed by atoms with Crippen molar-refractivity contribution < 1.29 is 9.59 Å². The number of nitrogens with one attached hydrogen (secondary N) is 1. The lowest BCUT2D eigenvalue weighted by molar-refractivity contribution is -0.121. The second-order valence-electron chi connectivity index (χ2n) is 4.94. The summed E-state index contributed by atoms with van der Waals surface area (Å²) >= 11 is 5.83. The average molecular weight is 297 g/mol. The van der Waals surface area contributed by atoms with E-state index in [4.69, 9.17) is 11.6 Å². The third-order valence-corrected chi connectivity index (χ3v) is 3.07. The van der Waals surface area contributed by atoms with Crippen LogP contribution in [-0.4, -0.2) is 43.8 Å². The van der Waals surface area contributed by atoms with Crippen molar-refractivity contribution in [1.29, 1.82) is 0 Å². The second-order valence-corrected chi connectivity index (χ2v) is 5.38. The lowest BCUT2D eigenvalue weighted by atomic mass is 10.1. The number of ketones is 1. The van der Waals surface area contributed by atoms with Crippen molar-refractivity contribution in [3.63, 3.8) is 0 Å². The van der Waals surface area contributed by atoms with Gasteiger partial charge in [0.05, 0.1) is 0 Å². The van der Waals surface area contributed by atoms with E-state index in [-0.39, 0.29) is 24.5 Å². The van der Waals surface area contributed by atoms with Crippen molar-refractivity contribution in [3.05, 3.63) is 34.9 Å². The topological polar surface area (TPSA) is 49.4 Å². The van der Waals surface area contributed by atoms with Gasteiger partial charge in [0.25, 0.3) is 0 Å². The van der Waals surface area contributed by atoms with E-state index < -0.39 is 0 Å². The minimum Gasteiger partial charge on any atom is -0.356 e. The highest BCUT2D eigenvalue weighted by molar-refractivity contribution is 6.31. The number of hydrogen-bond acceptors (Lipinski definition) is 3. The number of nitrogens with zero attached hydrogens (tertiary/aromatic N) is 1. The van der Waals surface area contributed by atoms with Gasteiger partial charge < -0.3 is 10.2 Å². The van der Waals surface area contributed by atoms with Gasteiger partial charge in [0.2, 0.25) is 5.91 Å². The molecule has 0 spiro atoms. The number of carbonyl (C=O) groups is 2. The number of amides is 1. The molecule has 1 aromatic rings. The van der Waals surface area contributed by atoms with Crippen molar-refractivity contribution in [1.82, 2.24) is 10.2 Å². The van der Waals surface area contributed by atoms with Gasteiger partial charge in [0, 0.05) is 30.0 Å². The van der Waals surface area contributed by atoms with Crippen LogP contribution in [0.1, 0.15) is 29.6 Å². The smallest absolute Gasteiger partial charge is 0.220 e. The van der Waals surface area contributed by atoms with Crippen LogP contribution in [-0.2, 0) is 4.79 Å². The molecule has 110 valence electrons. The molecule has 0 bridgehead atoms. The summed E-state index contributed by atoms with van der Waals surface area (Å²) in [6.45, 7) is 1.57. The molecule has 0 unspecified atom stereocenters. The maximum atomic E-state index is 11.9. The lowest BCUT2D eigenvalue weighted by Gasteiger charge is -2.09. The zero-order valence-corrected chi connectivity index (χ0v) is 12.7. The van der Waals surface area contributed by atoms with Crippen LogP contribution in [0.3, 0.4) is 0 Å². The summed E-state index contributed by atoms with van der Waals surface area (Å²) in [6.07, 6.45) is 1.33. The molecule has 0 saturated heterocycles. The van der Waals surface area contributed by atoms with Crippen LogP contribution in [0.2, 0.25) is 5.02 Å². The molecule has 0 saturated carbocycles. The molecule has 20 heavy (non-hydrogen) atoms. The summed E-state index contributed by atoms with van der Waals surface area (Å²) in [5, 5.41) is 3.34. The number of rotatable bonds is 8. The molecule has 0 aliphatic carbocycles. The van der Waals surface area contributed by atoms with Gasteiger partial charge in [0.1, 0.15) is 0 Å². The van der Waals surface area contributed by atoms with E-state index in [1.165, 1.54) is 0 Å². The first-order valence-corrected chi connectivity index (χ1v) is 7.07. The highest BCUT2D eigenvalue weighted by atomic mass is 35.5. The maximum Gasteiger partial charge on any atom is 0.220 e.